The first kappa shape index (κ1) is 17.9. The molecule has 1 aromatic heterocycles. The number of hydrogen-bond donors (Lipinski definition) is 1. The zero-order chi connectivity index (χ0) is 18.1. The van der Waals surface area contributed by atoms with Gasteiger partial charge in [0.1, 0.15) is 6.54 Å². The summed E-state index contributed by atoms with van der Waals surface area (Å²) >= 11 is 0. The van der Waals surface area contributed by atoms with Crippen molar-refractivity contribution in [3.05, 3.63) is 39.8 Å². The van der Waals surface area contributed by atoms with Gasteiger partial charge in [0.15, 0.2) is 0 Å². The number of carbonyl (C=O) groups excluding carboxylic acids is 1. The van der Waals surface area contributed by atoms with Crippen molar-refractivity contribution in [2.45, 2.75) is 32.7 Å². The topological polar surface area (TPSA) is 81.4 Å². The van der Waals surface area contributed by atoms with E-state index in [1.54, 1.807) is 6.92 Å². The van der Waals surface area contributed by atoms with E-state index in [4.69, 9.17) is 4.74 Å². The molecule has 1 unspecified atom stereocenters. The number of fused-ring (bicyclic) bond motifs is 1. The van der Waals surface area contributed by atoms with Crippen molar-refractivity contribution in [1.82, 2.24) is 9.78 Å². The quantitative estimate of drug-likeness (QED) is 0.859. The molecule has 24 heavy (non-hydrogen) atoms. The largest absolute Gasteiger partial charge is 0.465 e. The van der Waals surface area contributed by atoms with Gasteiger partial charge in [-0.1, -0.05) is 0 Å². The highest BCUT2D eigenvalue weighted by molar-refractivity contribution is 5.85. The molecule has 0 aliphatic rings. The van der Waals surface area contributed by atoms with E-state index in [9.17, 15) is 27.9 Å². The molecule has 1 heterocycles. The Morgan fingerprint density at radius 2 is 2.04 bits per heavy atom. The minimum atomic E-state index is -4.59. The van der Waals surface area contributed by atoms with Crippen molar-refractivity contribution >= 4 is 16.7 Å². The predicted octanol–water partition coefficient (Wildman–Crippen LogP) is 2.03. The number of nitrogens with zero attached hydrogens (tertiary/aromatic N) is 2. The summed E-state index contributed by atoms with van der Waals surface area (Å²) in [7, 11) is 0. The molecule has 2 rings (SSSR count). The van der Waals surface area contributed by atoms with Gasteiger partial charge in [0.2, 0.25) is 0 Å². The lowest BCUT2D eigenvalue weighted by atomic mass is 10.0. The van der Waals surface area contributed by atoms with E-state index in [-0.39, 0.29) is 23.1 Å². The summed E-state index contributed by atoms with van der Waals surface area (Å²) in [4.78, 5) is 23.9. The fraction of sp³-hybridized carbons (Fsp3) is 0.400. The van der Waals surface area contributed by atoms with Gasteiger partial charge in [0.25, 0.3) is 5.56 Å². The lowest BCUT2D eigenvalue weighted by Gasteiger charge is -2.14. The van der Waals surface area contributed by atoms with Crippen LogP contribution in [0, 0.1) is 0 Å². The Hall–Kier alpha value is -2.42. The fourth-order valence-electron chi connectivity index (χ4n) is 2.23. The highest BCUT2D eigenvalue weighted by Crippen LogP contribution is 2.32. The van der Waals surface area contributed by atoms with Crippen LogP contribution in [0.2, 0.25) is 0 Å². The zero-order valence-electron chi connectivity index (χ0n) is 12.9. The van der Waals surface area contributed by atoms with Crippen molar-refractivity contribution < 1.29 is 27.8 Å². The van der Waals surface area contributed by atoms with Crippen LogP contribution in [0.1, 0.15) is 31.2 Å². The standard InChI is InChI=1S/C15H15F3N2O4/c1-3-24-12(22)7-20-14(23)10-5-4-9(15(16,17)18)6-11(10)13(19-20)8(2)21/h4-6,8,21H,3,7H2,1-2H3. The Bertz CT molecular complexity index is 828. The van der Waals surface area contributed by atoms with Gasteiger partial charge in [-0.2, -0.15) is 18.3 Å². The normalized spacial score (nSPS) is 13.1. The minimum Gasteiger partial charge on any atom is -0.465 e. The third-order valence-electron chi connectivity index (χ3n) is 3.30. The third-order valence-corrected chi connectivity index (χ3v) is 3.30. The lowest BCUT2D eigenvalue weighted by Crippen LogP contribution is -2.29. The lowest BCUT2D eigenvalue weighted by molar-refractivity contribution is -0.144. The predicted molar refractivity (Wildman–Crippen MR) is 78.3 cm³/mol. The number of hydrogen-bond acceptors (Lipinski definition) is 5. The average Bonchev–Trinajstić information content (AvgIpc) is 2.48. The second-order valence-corrected chi connectivity index (χ2v) is 5.09. The second kappa shape index (κ2) is 6.60. The number of aromatic nitrogens is 2. The molecule has 1 atom stereocenters. The monoisotopic (exact) mass is 344 g/mol. The SMILES string of the molecule is CCOC(=O)Cn1nc(C(C)O)c2cc(C(F)(F)F)ccc2c1=O. The van der Waals surface area contributed by atoms with E-state index in [1.807, 2.05) is 0 Å². The molecule has 6 nitrogen and oxygen atoms in total. The molecule has 0 fully saturated rings. The first-order valence-corrected chi connectivity index (χ1v) is 7.10. The van der Waals surface area contributed by atoms with Gasteiger partial charge in [-0.05, 0) is 32.0 Å². The fourth-order valence-corrected chi connectivity index (χ4v) is 2.23. The molecular formula is C15H15F3N2O4. The van der Waals surface area contributed by atoms with Gasteiger partial charge < -0.3 is 9.84 Å². The summed E-state index contributed by atoms with van der Waals surface area (Å²) in [6, 6.07) is 2.54. The highest BCUT2D eigenvalue weighted by Gasteiger charge is 2.31. The molecule has 0 saturated heterocycles. The van der Waals surface area contributed by atoms with Crippen LogP contribution in [0.5, 0.6) is 0 Å². The smallest absolute Gasteiger partial charge is 0.416 e. The summed E-state index contributed by atoms with van der Waals surface area (Å²) in [5.74, 6) is -0.713. The maximum Gasteiger partial charge on any atom is 0.416 e. The van der Waals surface area contributed by atoms with E-state index >= 15 is 0 Å². The number of alkyl halides is 3. The molecule has 0 bridgehead atoms. The number of halogens is 3. The summed E-state index contributed by atoms with van der Waals surface area (Å²) in [5.41, 5.74) is -1.82. The maximum absolute atomic E-state index is 12.9. The number of esters is 1. The van der Waals surface area contributed by atoms with Gasteiger partial charge in [-0.3, -0.25) is 9.59 Å². The summed E-state index contributed by atoms with van der Waals surface area (Å²) < 4.78 is 44.1. The number of rotatable bonds is 4. The van der Waals surface area contributed by atoms with Gasteiger partial charge >= 0.3 is 12.1 Å². The van der Waals surface area contributed by atoms with E-state index in [2.05, 4.69) is 5.10 Å². The number of aliphatic hydroxyl groups is 1. The molecule has 0 aliphatic heterocycles. The van der Waals surface area contributed by atoms with Crippen molar-refractivity contribution in [2.75, 3.05) is 6.61 Å². The second-order valence-electron chi connectivity index (χ2n) is 5.09. The van der Waals surface area contributed by atoms with Crippen LogP contribution in [0.4, 0.5) is 13.2 Å². The van der Waals surface area contributed by atoms with E-state index in [0.29, 0.717) is 0 Å². The summed E-state index contributed by atoms with van der Waals surface area (Å²) in [5, 5.41) is 13.4. The van der Waals surface area contributed by atoms with Crippen LogP contribution in [0.15, 0.2) is 23.0 Å². The van der Waals surface area contributed by atoms with Crippen molar-refractivity contribution in [1.29, 1.82) is 0 Å². The zero-order valence-corrected chi connectivity index (χ0v) is 12.9. The number of benzene rings is 1. The molecular weight excluding hydrogens is 329 g/mol. The molecule has 1 N–H and O–H groups in total. The van der Waals surface area contributed by atoms with Crippen LogP contribution in [0.25, 0.3) is 10.8 Å². The van der Waals surface area contributed by atoms with Crippen LogP contribution in [-0.4, -0.2) is 27.5 Å². The van der Waals surface area contributed by atoms with Crippen LogP contribution in [0.3, 0.4) is 0 Å². The number of aliphatic hydroxyl groups excluding tert-OH is 1. The Morgan fingerprint density at radius 1 is 1.38 bits per heavy atom. The average molecular weight is 344 g/mol. The maximum atomic E-state index is 12.9. The minimum absolute atomic E-state index is 0.0711. The molecule has 130 valence electrons. The van der Waals surface area contributed by atoms with Crippen LogP contribution in [-0.2, 0) is 22.3 Å². The number of ether oxygens (including phenoxy) is 1. The van der Waals surface area contributed by atoms with E-state index in [1.165, 1.54) is 6.92 Å². The highest BCUT2D eigenvalue weighted by atomic mass is 19.4. The van der Waals surface area contributed by atoms with Crippen molar-refractivity contribution in [2.24, 2.45) is 0 Å². The third kappa shape index (κ3) is 3.56. The Balaban J connectivity index is 2.68. The Morgan fingerprint density at radius 3 is 2.58 bits per heavy atom. The van der Waals surface area contributed by atoms with Gasteiger partial charge in [-0.15, -0.1) is 0 Å². The van der Waals surface area contributed by atoms with Gasteiger partial charge in [-0.25, -0.2) is 4.68 Å². The van der Waals surface area contributed by atoms with E-state index < -0.39 is 35.9 Å². The molecule has 0 saturated carbocycles. The van der Waals surface area contributed by atoms with Gasteiger partial charge in [0.05, 0.1) is 29.4 Å². The Labute approximate surface area is 134 Å². The van der Waals surface area contributed by atoms with E-state index in [0.717, 1.165) is 22.9 Å². The molecule has 0 amide bonds. The van der Waals surface area contributed by atoms with Crippen LogP contribution >= 0.6 is 0 Å². The molecule has 0 spiro atoms. The van der Waals surface area contributed by atoms with Gasteiger partial charge in [0, 0.05) is 5.39 Å². The first-order valence-electron chi connectivity index (χ1n) is 7.10. The number of carbonyl (C=O) groups is 1. The van der Waals surface area contributed by atoms with Crippen LogP contribution < -0.4 is 5.56 Å². The first-order chi connectivity index (χ1) is 11.1. The summed E-state index contributed by atoms with van der Waals surface area (Å²) in [6.45, 7) is 2.51. The molecule has 0 radical (unpaired) electrons. The molecule has 1 aromatic carbocycles. The molecule has 2 aromatic rings. The van der Waals surface area contributed by atoms with Crippen molar-refractivity contribution in [3.63, 3.8) is 0 Å². The molecule has 0 aliphatic carbocycles. The summed E-state index contributed by atoms with van der Waals surface area (Å²) in [6.07, 6.45) is -5.82. The van der Waals surface area contributed by atoms with Crippen molar-refractivity contribution in [3.8, 4) is 0 Å². The Kier molecular flexibility index (Phi) is 4.93. The molecule has 9 heteroatoms.